The summed E-state index contributed by atoms with van der Waals surface area (Å²) in [5.41, 5.74) is 0.968. The summed E-state index contributed by atoms with van der Waals surface area (Å²) < 4.78 is 49.4. The van der Waals surface area contributed by atoms with E-state index in [0.29, 0.717) is 11.0 Å². The zero-order chi connectivity index (χ0) is 20.7. The minimum atomic E-state index is -3.73. The van der Waals surface area contributed by atoms with Gasteiger partial charge in [0.05, 0.1) is 20.9 Å². The fourth-order valence-corrected chi connectivity index (χ4v) is 5.22. The highest BCUT2D eigenvalue weighted by Gasteiger charge is 2.33. The van der Waals surface area contributed by atoms with Crippen molar-refractivity contribution in [3.8, 4) is 0 Å². The molecule has 2 aliphatic heterocycles. The van der Waals surface area contributed by atoms with Gasteiger partial charge in [-0.2, -0.15) is 4.99 Å². The first kappa shape index (κ1) is 19.5. The molecule has 6 nitrogen and oxygen atoms in total. The maximum Gasteiger partial charge on any atom is 0.237 e. The predicted octanol–water partition coefficient (Wildman–Crippen LogP) is 3.21. The van der Waals surface area contributed by atoms with Gasteiger partial charge >= 0.3 is 0 Å². The summed E-state index contributed by atoms with van der Waals surface area (Å²) in [4.78, 5) is 4.68. The van der Waals surface area contributed by atoms with Crippen molar-refractivity contribution in [3.05, 3.63) is 90.9 Å². The highest BCUT2D eigenvalue weighted by Crippen LogP contribution is 2.27. The van der Waals surface area contributed by atoms with Crippen LogP contribution in [-0.4, -0.2) is 33.4 Å². The average molecular weight is 428 g/mol. The molecule has 29 heavy (non-hydrogen) atoms. The Morgan fingerprint density at radius 2 is 1.38 bits per heavy atom. The molecule has 0 saturated heterocycles. The van der Waals surface area contributed by atoms with Crippen LogP contribution in [0.2, 0.25) is 0 Å². The van der Waals surface area contributed by atoms with Gasteiger partial charge in [-0.05, 0) is 48.6 Å². The Morgan fingerprint density at radius 1 is 0.793 bits per heavy atom. The summed E-state index contributed by atoms with van der Waals surface area (Å²) in [6.45, 7) is 0.625. The van der Waals surface area contributed by atoms with Gasteiger partial charge in [0.25, 0.3) is 0 Å². The van der Waals surface area contributed by atoms with E-state index in [9.17, 15) is 16.8 Å². The zero-order valence-electron chi connectivity index (χ0n) is 15.6. The van der Waals surface area contributed by atoms with Gasteiger partial charge in [0.2, 0.25) is 15.7 Å². The van der Waals surface area contributed by atoms with Gasteiger partial charge in [0.15, 0.2) is 9.84 Å². The van der Waals surface area contributed by atoms with E-state index in [2.05, 4.69) is 4.99 Å². The number of rotatable bonds is 5. The van der Waals surface area contributed by atoms with Crippen LogP contribution in [0.3, 0.4) is 0 Å². The maximum absolute atomic E-state index is 12.9. The van der Waals surface area contributed by atoms with Crippen molar-refractivity contribution in [3.63, 3.8) is 0 Å². The first-order valence-corrected chi connectivity index (χ1v) is 12.2. The Balaban J connectivity index is 1.59. The van der Waals surface area contributed by atoms with Crippen LogP contribution in [0.15, 0.2) is 105 Å². The third-order valence-electron chi connectivity index (χ3n) is 4.91. The third-order valence-corrected chi connectivity index (χ3v) is 7.83. The Morgan fingerprint density at radius 3 is 2.00 bits per heavy atom. The minimum absolute atomic E-state index is 0.0560. The van der Waals surface area contributed by atoms with Crippen LogP contribution in [0.25, 0.3) is 0 Å². The number of allylic oxidation sites excluding steroid dienone is 2. The fraction of sp³-hybridized carbons (Fsp3) is 0.0952. The lowest BCUT2D eigenvalue weighted by Crippen LogP contribution is -2.40. The van der Waals surface area contributed by atoms with Crippen LogP contribution in [0, 0.1) is 0 Å². The van der Waals surface area contributed by atoms with Gasteiger partial charge < -0.3 is 0 Å². The van der Waals surface area contributed by atoms with E-state index in [1.165, 1.54) is 24.3 Å². The molecular weight excluding hydrogens is 408 g/mol. The lowest BCUT2D eigenvalue weighted by Gasteiger charge is -2.28. The molecule has 0 amide bonds. The third kappa shape index (κ3) is 3.62. The molecule has 0 saturated carbocycles. The van der Waals surface area contributed by atoms with Crippen LogP contribution in [0.5, 0.6) is 0 Å². The Hall–Kier alpha value is -2.81. The van der Waals surface area contributed by atoms with E-state index >= 15 is 0 Å². The van der Waals surface area contributed by atoms with Crippen LogP contribution in [0.4, 0.5) is 0 Å². The molecule has 0 aliphatic carbocycles. The monoisotopic (exact) mass is 427 g/mol. The number of benzene rings is 2. The molecule has 1 atom stereocenters. The summed E-state index contributed by atoms with van der Waals surface area (Å²) in [7, 11) is -7.11. The van der Waals surface area contributed by atoms with Gasteiger partial charge in [0.1, 0.15) is 18.9 Å². The standard InChI is InChI=1S/C21H19N2O4S2/c1-28(24,25)18-9-11-20(12-10-18)29(26,27)19-7-5-17(6-8-19)16-23-14-3-2-4-21(23)22-13-15-23/h2-15H,16H2,1H3/q+1. The number of amidine groups is 1. The van der Waals surface area contributed by atoms with E-state index in [1.807, 2.05) is 30.6 Å². The summed E-state index contributed by atoms with van der Waals surface area (Å²) >= 11 is 0. The normalized spacial score (nSPS) is 20.5. The first-order valence-electron chi connectivity index (χ1n) is 8.84. The molecule has 148 valence electrons. The second kappa shape index (κ2) is 6.91. The highest BCUT2D eigenvalue weighted by molar-refractivity contribution is 7.91. The SMILES string of the molecule is CS(=O)(=O)c1ccc(S(=O)(=O)c2ccc(C[N+]34C=CC=CC3=NC=C4)cc2)cc1. The van der Waals surface area contributed by atoms with E-state index in [-0.39, 0.29) is 14.7 Å². The Kier molecular flexibility index (Phi) is 4.65. The van der Waals surface area contributed by atoms with Crippen molar-refractivity contribution >= 4 is 25.5 Å². The van der Waals surface area contributed by atoms with Crippen molar-refractivity contribution in [2.24, 2.45) is 4.99 Å². The van der Waals surface area contributed by atoms with Crippen LogP contribution in [-0.2, 0) is 26.2 Å². The molecular formula is C21H19N2O4S2+. The quantitative estimate of drug-likeness (QED) is 0.687. The minimum Gasteiger partial charge on any atom is -0.224 e. The molecule has 0 bridgehead atoms. The molecule has 1 unspecified atom stereocenters. The summed E-state index contributed by atoms with van der Waals surface area (Å²) in [5, 5.41) is 0. The van der Waals surface area contributed by atoms with Gasteiger partial charge in [-0.3, -0.25) is 0 Å². The summed E-state index contributed by atoms with van der Waals surface area (Å²) in [5.74, 6) is 0.912. The topological polar surface area (TPSA) is 80.6 Å². The number of aliphatic imine (C=N–C) groups is 1. The van der Waals surface area contributed by atoms with Crippen molar-refractivity contribution in [1.82, 2.24) is 0 Å². The van der Waals surface area contributed by atoms with E-state index in [1.54, 1.807) is 30.5 Å². The van der Waals surface area contributed by atoms with E-state index in [0.717, 1.165) is 17.7 Å². The maximum atomic E-state index is 12.9. The van der Waals surface area contributed by atoms with Crippen LogP contribution >= 0.6 is 0 Å². The lowest BCUT2D eigenvalue weighted by atomic mass is 10.1. The molecule has 2 aromatic carbocycles. The Labute approximate surface area is 170 Å². The fourth-order valence-electron chi connectivity index (χ4n) is 3.33. The summed E-state index contributed by atoms with van der Waals surface area (Å²) in [6.07, 6.45) is 12.7. The van der Waals surface area contributed by atoms with Crippen molar-refractivity contribution < 1.29 is 21.3 Å². The van der Waals surface area contributed by atoms with Crippen molar-refractivity contribution in [2.75, 3.05) is 6.26 Å². The molecule has 0 aromatic heterocycles. The van der Waals surface area contributed by atoms with Crippen LogP contribution < -0.4 is 0 Å². The highest BCUT2D eigenvalue weighted by atomic mass is 32.2. The van der Waals surface area contributed by atoms with E-state index in [4.69, 9.17) is 0 Å². The number of hydrogen-bond donors (Lipinski definition) is 0. The zero-order valence-corrected chi connectivity index (χ0v) is 17.3. The van der Waals surface area contributed by atoms with Gasteiger partial charge in [-0.1, -0.05) is 12.1 Å². The molecule has 8 heteroatoms. The molecule has 4 rings (SSSR count). The van der Waals surface area contributed by atoms with Gasteiger partial charge in [-0.25, -0.2) is 21.3 Å². The number of hydrogen-bond acceptors (Lipinski definition) is 5. The molecule has 2 aromatic rings. The second-order valence-corrected chi connectivity index (χ2v) is 10.9. The van der Waals surface area contributed by atoms with E-state index < -0.39 is 19.7 Å². The summed E-state index contributed by atoms with van der Waals surface area (Å²) in [6, 6.07) is 12.0. The predicted molar refractivity (Wildman–Crippen MR) is 110 cm³/mol. The number of nitrogens with zero attached hydrogens (tertiary/aromatic N) is 2. The van der Waals surface area contributed by atoms with Gasteiger partial charge in [0, 0.05) is 17.9 Å². The Bertz CT molecular complexity index is 1290. The molecule has 2 heterocycles. The first-order chi connectivity index (χ1) is 13.7. The second-order valence-electron chi connectivity index (χ2n) is 6.97. The molecule has 2 aliphatic rings. The number of fused-ring (bicyclic) bond motifs is 1. The molecule has 0 radical (unpaired) electrons. The van der Waals surface area contributed by atoms with Crippen molar-refractivity contribution in [1.29, 1.82) is 0 Å². The lowest BCUT2D eigenvalue weighted by molar-refractivity contribution is -0.743. The number of quaternary nitrogens is 1. The molecule has 0 fully saturated rings. The van der Waals surface area contributed by atoms with Gasteiger partial charge in [-0.15, -0.1) is 0 Å². The molecule has 0 spiro atoms. The number of sulfone groups is 2. The largest absolute Gasteiger partial charge is 0.237 e. The van der Waals surface area contributed by atoms with Crippen molar-refractivity contribution in [2.45, 2.75) is 21.2 Å². The smallest absolute Gasteiger partial charge is 0.224 e. The van der Waals surface area contributed by atoms with Crippen LogP contribution in [0.1, 0.15) is 5.56 Å². The molecule has 0 N–H and O–H groups in total. The average Bonchev–Trinajstić information content (AvgIpc) is 3.11.